The summed E-state index contributed by atoms with van der Waals surface area (Å²) in [7, 11) is 1.57. The highest BCUT2D eigenvalue weighted by molar-refractivity contribution is 6.06. The van der Waals surface area contributed by atoms with Crippen LogP contribution in [0.4, 0.5) is 5.69 Å². The molecule has 0 aliphatic rings. The number of para-hydroxylation sites is 1. The predicted octanol–water partition coefficient (Wildman–Crippen LogP) is 3.09. The number of hydrogen-bond donors (Lipinski definition) is 2. The van der Waals surface area contributed by atoms with Gasteiger partial charge in [-0.3, -0.25) is 9.59 Å². The van der Waals surface area contributed by atoms with E-state index in [-0.39, 0.29) is 11.8 Å². The first-order valence-corrected chi connectivity index (χ1v) is 7.51. The molecule has 0 aromatic heterocycles. The third-order valence-corrected chi connectivity index (χ3v) is 3.23. The van der Waals surface area contributed by atoms with Crippen molar-refractivity contribution in [1.82, 2.24) is 5.32 Å². The van der Waals surface area contributed by atoms with Gasteiger partial charge in [0.15, 0.2) is 0 Å². The van der Waals surface area contributed by atoms with Crippen molar-refractivity contribution in [3.8, 4) is 5.75 Å². The largest absolute Gasteiger partial charge is 0.493 e. The van der Waals surface area contributed by atoms with E-state index in [1.54, 1.807) is 49.5 Å². The number of ether oxygens (including phenoxy) is 1. The molecule has 2 aromatic rings. The molecule has 5 nitrogen and oxygen atoms in total. The van der Waals surface area contributed by atoms with Gasteiger partial charge in [0.25, 0.3) is 11.8 Å². The summed E-state index contributed by atoms with van der Waals surface area (Å²) in [5.74, 6) is 0.152. The number of carbonyl (C=O) groups is 2. The van der Waals surface area contributed by atoms with Gasteiger partial charge < -0.3 is 15.4 Å². The van der Waals surface area contributed by atoms with Crippen molar-refractivity contribution in [3.05, 3.63) is 59.7 Å². The fourth-order valence-corrected chi connectivity index (χ4v) is 2.04. The van der Waals surface area contributed by atoms with Crippen LogP contribution in [-0.4, -0.2) is 25.5 Å². The highest BCUT2D eigenvalue weighted by Gasteiger charge is 2.12. The van der Waals surface area contributed by atoms with Crippen LogP contribution in [0, 0.1) is 0 Å². The summed E-state index contributed by atoms with van der Waals surface area (Å²) in [4.78, 5) is 23.9. The van der Waals surface area contributed by atoms with Crippen LogP contribution in [0.1, 0.15) is 34.1 Å². The molecular formula is C18H20N2O3. The van der Waals surface area contributed by atoms with Crippen molar-refractivity contribution in [2.45, 2.75) is 13.3 Å². The average molecular weight is 312 g/mol. The second-order valence-electron chi connectivity index (χ2n) is 4.96. The summed E-state index contributed by atoms with van der Waals surface area (Å²) in [5.41, 5.74) is 1.64. The predicted molar refractivity (Wildman–Crippen MR) is 90.0 cm³/mol. The summed E-state index contributed by atoms with van der Waals surface area (Å²) in [6.45, 7) is 2.57. The van der Waals surface area contributed by atoms with E-state index in [0.717, 1.165) is 6.42 Å². The molecule has 0 bridgehead atoms. The summed E-state index contributed by atoms with van der Waals surface area (Å²) in [6.07, 6.45) is 0.872. The van der Waals surface area contributed by atoms with Gasteiger partial charge in [-0.15, -0.1) is 0 Å². The minimum Gasteiger partial charge on any atom is -0.493 e. The normalized spacial score (nSPS) is 10.0. The van der Waals surface area contributed by atoms with Crippen LogP contribution in [0.3, 0.4) is 0 Å². The molecule has 2 rings (SSSR count). The molecule has 0 aliphatic carbocycles. The van der Waals surface area contributed by atoms with Gasteiger partial charge in [-0.05, 0) is 42.8 Å². The van der Waals surface area contributed by atoms with E-state index in [2.05, 4.69) is 10.6 Å². The first-order valence-electron chi connectivity index (χ1n) is 7.51. The van der Waals surface area contributed by atoms with E-state index in [4.69, 9.17) is 4.74 Å². The maximum Gasteiger partial charge on any atom is 0.259 e. The van der Waals surface area contributed by atoms with Crippen LogP contribution in [0.2, 0.25) is 0 Å². The van der Waals surface area contributed by atoms with E-state index in [1.807, 2.05) is 13.0 Å². The van der Waals surface area contributed by atoms with Gasteiger partial charge in [-0.25, -0.2) is 0 Å². The van der Waals surface area contributed by atoms with E-state index in [0.29, 0.717) is 29.2 Å². The quantitative estimate of drug-likeness (QED) is 0.861. The van der Waals surface area contributed by atoms with Gasteiger partial charge in [0.2, 0.25) is 0 Å². The molecule has 0 heterocycles. The van der Waals surface area contributed by atoms with Crippen molar-refractivity contribution < 1.29 is 14.3 Å². The third kappa shape index (κ3) is 4.32. The van der Waals surface area contributed by atoms with Gasteiger partial charge in [0.05, 0.1) is 12.2 Å². The SMILES string of the molecule is CCCOc1ccccc1C(=O)Nc1ccc(C(=O)NC)cc1. The lowest BCUT2D eigenvalue weighted by atomic mass is 10.1. The Morgan fingerprint density at radius 2 is 1.70 bits per heavy atom. The van der Waals surface area contributed by atoms with Gasteiger partial charge >= 0.3 is 0 Å². The average Bonchev–Trinajstić information content (AvgIpc) is 2.60. The number of nitrogens with one attached hydrogen (secondary N) is 2. The number of carbonyl (C=O) groups excluding carboxylic acids is 2. The first-order chi connectivity index (χ1) is 11.2. The zero-order chi connectivity index (χ0) is 16.7. The molecule has 0 unspecified atom stereocenters. The fourth-order valence-electron chi connectivity index (χ4n) is 2.04. The number of anilines is 1. The molecule has 0 aliphatic heterocycles. The Hall–Kier alpha value is -2.82. The molecule has 120 valence electrons. The Bertz CT molecular complexity index is 681. The molecule has 0 saturated carbocycles. The van der Waals surface area contributed by atoms with Crippen LogP contribution in [0.5, 0.6) is 5.75 Å². The molecular weight excluding hydrogens is 292 g/mol. The Balaban J connectivity index is 2.11. The number of amides is 2. The van der Waals surface area contributed by atoms with Gasteiger partial charge in [0.1, 0.15) is 5.75 Å². The molecule has 0 radical (unpaired) electrons. The van der Waals surface area contributed by atoms with E-state index in [1.165, 1.54) is 0 Å². The molecule has 0 fully saturated rings. The van der Waals surface area contributed by atoms with Crippen LogP contribution in [0.15, 0.2) is 48.5 Å². The van der Waals surface area contributed by atoms with Crippen LogP contribution in [0.25, 0.3) is 0 Å². The van der Waals surface area contributed by atoms with Gasteiger partial charge in [0, 0.05) is 18.3 Å². The second kappa shape index (κ2) is 7.98. The molecule has 2 aromatic carbocycles. The van der Waals surface area contributed by atoms with Crippen LogP contribution < -0.4 is 15.4 Å². The summed E-state index contributed by atoms with van der Waals surface area (Å²) >= 11 is 0. The maximum atomic E-state index is 12.4. The number of hydrogen-bond acceptors (Lipinski definition) is 3. The second-order valence-corrected chi connectivity index (χ2v) is 4.96. The maximum absolute atomic E-state index is 12.4. The smallest absolute Gasteiger partial charge is 0.259 e. The highest BCUT2D eigenvalue weighted by Crippen LogP contribution is 2.20. The van der Waals surface area contributed by atoms with Gasteiger partial charge in [-0.2, -0.15) is 0 Å². The molecule has 2 amide bonds. The third-order valence-electron chi connectivity index (χ3n) is 3.23. The molecule has 0 saturated heterocycles. The lowest BCUT2D eigenvalue weighted by Gasteiger charge is -2.11. The van der Waals surface area contributed by atoms with Crippen LogP contribution in [-0.2, 0) is 0 Å². The van der Waals surface area contributed by atoms with Crippen molar-refractivity contribution in [2.75, 3.05) is 19.0 Å². The van der Waals surface area contributed by atoms with Crippen molar-refractivity contribution in [3.63, 3.8) is 0 Å². The zero-order valence-corrected chi connectivity index (χ0v) is 13.3. The minimum absolute atomic E-state index is 0.166. The molecule has 5 heteroatoms. The van der Waals surface area contributed by atoms with E-state index < -0.39 is 0 Å². The standard InChI is InChI=1S/C18H20N2O3/c1-3-12-23-16-7-5-4-6-15(16)18(22)20-14-10-8-13(9-11-14)17(21)19-2/h4-11H,3,12H2,1-2H3,(H,19,21)(H,20,22). The monoisotopic (exact) mass is 312 g/mol. The molecule has 23 heavy (non-hydrogen) atoms. The van der Waals surface area contributed by atoms with Crippen molar-refractivity contribution in [2.24, 2.45) is 0 Å². The fraction of sp³-hybridized carbons (Fsp3) is 0.222. The Labute approximate surface area is 135 Å². The summed E-state index contributed by atoms with van der Waals surface area (Å²) in [6, 6.07) is 13.8. The molecule has 2 N–H and O–H groups in total. The Morgan fingerprint density at radius 1 is 1.00 bits per heavy atom. The van der Waals surface area contributed by atoms with Crippen molar-refractivity contribution >= 4 is 17.5 Å². The molecule has 0 atom stereocenters. The van der Waals surface area contributed by atoms with Gasteiger partial charge in [-0.1, -0.05) is 19.1 Å². The van der Waals surface area contributed by atoms with E-state index >= 15 is 0 Å². The Kier molecular flexibility index (Phi) is 5.74. The first kappa shape index (κ1) is 16.5. The summed E-state index contributed by atoms with van der Waals surface area (Å²) < 4.78 is 5.60. The highest BCUT2D eigenvalue weighted by atomic mass is 16.5. The van der Waals surface area contributed by atoms with Crippen molar-refractivity contribution in [1.29, 1.82) is 0 Å². The number of rotatable bonds is 6. The van der Waals surface area contributed by atoms with Crippen LogP contribution >= 0.6 is 0 Å². The summed E-state index contributed by atoms with van der Waals surface area (Å²) in [5, 5.41) is 5.36. The Morgan fingerprint density at radius 3 is 2.35 bits per heavy atom. The zero-order valence-electron chi connectivity index (χ0n) is 13.3. The lowest BCUT2D eigenvalue weighted by Crippen LogP contribution is -2.18. The number of benzene rings is 2. The molecule has 0 spiro atoms. The topological polar surface area (TPSA) is 67.4 Å². The minimum atomic E-state index is -0.246. The lowest BCUT2D eigenvalue weighted by molar-refractivity contribution is 0.0962. The van der Waals surface area contributed by atoms with E-state index in [9.17, 15) is 9.59 Å².